The quantitative estimate of drug-likeness (QED) is 0.900. The SMILES string of the molecule is CN1[C@@H]2COC[C@H]1C[C@@H](NC(=O)c1cn(CC(F)F)c3ncccc13)C2. The van der Waals surface area contributed by atoms with E-state index in [0.717, 1.165) is 12.8 Å². The molecule has 2 bridgehead atoms. The largest absolute Gasteiger partial charge is 0.378 e. The average Bonchev–Trinajstić information content (AvgIpc) is 2.94. The molecule has 2 aromatic heterocycles. The molecule has 1 amide bonds. The molecule has 0 spiro atoms. The molecule has 140 valence electrons. The first-order chi connectivity index (χ1) is 12.5. The highest BCUT2D eigenvalue weighted by Gasteiger charge is 2.37. The van der Waals surface area contributed by atoms with Gasteiger partial charge in [0.1, 0.15) is 5.65 Å². The summed E-state index contributed by atoms with van der Waals surface area (Å²) in [5, 5.41) is 3.69. The number of hydrogen-bond acceptors (Lipinski definition) is 4. The number of nitrogens with one attached hydrogen (secondary N) is 1. The second-order valence-electron chi connectivity index (χ2n) is 7.11. The minimum Gasteiger partial charge on any atom is -0.378 e. The average molecular weight is 364 g/mol. The Labute approximate surface area is 150 Å². The van der Waals surface area contributed by atoms with Gasteiger partial charge in [0.15, 0.2) is 0 Å². The number of morpholine rings is 1. The number of carbonyl (C=O) groups excluding carboxylic acids is 1. The summed E-state index contributed by atoms with van der Waals surface area (Å²) < 4.78 is 32.6. The number of amides is 1. The Morgan fingerprint density at radius 3 is 2.81 bits per heavy atom. The molecule has 3 atom stereocenters. The van der Waals surface area contributed by atoms with Gasteiger partial charge in [0.25, 0.3) is 12.3 Å². The van der Waals surface area contributed by atoms with E-state index >= 15 is 0 Å². The number of halogens is 2. The highest BCUT2D eigenvalue weighted by molar-refractivity contribution is 6.06. The zero-order valence-corrected chi connectivity index (χ0v) is 14.6. The van der Waals surface area contributed by atoms with Crippen molar-refractivity contribution < 1.29 is 18.3 Å². The fourth-order valence-corrected chi connectivity index (χ4v) is 4.07. The number of ether oxygens (including phenoxy) is 1. The van der Waals surface area contributed by atoms with E-state index in [9.17, 15) is 13.6 Å². The molecule has 0 radical (unpaired) electrons. The topological polar surface area (TPSA) is 59.4 Å². The lowest BCUT2D eigenvalue weighted by Gasteiger charge is -2.46. The summed E-state index contributed by atoms with van der Waals surface area (Å²) in [6.07, 6.45) is 2.18. The summed E-state index contributed by atoms with van der Waals surface area (Å²) in [4.78, 5) is 19.3. The molecule has 2 aromatic rings. The number of aromatic nitrogens is 2. The van der Waals surface area contributed by atoms with Crippen LogP contribution in [0.15, 0.2) is 24.5 Å². The number of piperidine rings is 1. The van der Waals surface area contributed by atoms with Crippen molar-refractivity contribution in [3.63, 3.8) is 0 Å². The fourth-order valence-electron chi connectivity index (χ4n) is 4.07. The van der Waals surface area contributed by atoms with Gasteiger partial charge >= 0.3 is 0 Å². The van der Waals surface area contributed by atoms with Crippen LogP contribution in [0.5, 0.6) is 0 Å². The first-order valence-corrected chi connectivity index (χ1v) is 8.85. The maximum Gasteiger partial charge on any atom is 0.256 e. The number of rotatable bonds is 4. The molecule has 0 aromatic carbocycles. The van der Waals surface area contributed by atoms with Crippen LogP contribution in [0.1, 0.15) is 23.2 Å². The van der Waals surface area contributed by atoms with Gasteiger partial charge in [-0.05, 0) is 32.0 Å². The third-order valence-corrected chi connectivity index (χ3v) is 5.43. The minimum absolute atomic E-state index is 0.0581. The molecule has 4 rings (SSSR count). The zero-order chi connectivity index (χ0) is 18.3. The fraction of sp³-hybridized carbons (Fsp3) is 0.556. The maximum atomic E-state index is 12.8. The molecule has 6 nitrogen and oxygen atoms in total. The number of alkyl halides is 2. The van der Waals surface area contributed by atoms with E-state index in [1.807, 2.05) is 0 Å². The van der Waals surface area contributed by atoms with Crippen molar-refractivity contribution in [2.45, 2.75) is 43.9 Å². The molecule has 0 saturated carbocycles. The number of carbonyl (C=O) groups is 1. The van der Waals surface area contributed by atoms with Crippen LogP contribution in [0.4, 0.5) is 8.78 Å². The van der Waals surface area contributed by atoms with E-state index in [2.05, 4.69) is 22.2 Å². The van der Waals surface area contributed by atoms with Crippen molar-refractivity contribution in [3.8, 4) is 0 Å². The van der Waals surface area contributed by atoms with E-state index < -0.39 is 13.0 Å². The summed E-state index contributed by atoms with van der Waals surface area (Å²) >= 11 is 0. The van der Waals surface area contributed by atoms with E-state index in [-0.39, 0.29) is 11.9 Å². The molecule has 1 N–H and O–H groups in total. The van der Waals surface area contributed by atoms with Gasteiger partial charge in [-0.25, -0.2) is 13.8 Å². The summed E-state index contributed by atoms with van der Waals surface area (Å²) in [6.45, 7) is 0.879. The van der Waals surface area contributed by atoms with Gasteiger partial charge in [0.2, 0.25) is 0 Å². The summed E-state index contributed by atoms with van der Waals surface area (Å²) in [6, 6.07) is 4.12. The van der Waals surface area contributed by atoms with Crippen LogP contribution in [0.2, 0.25) is 0 Å². The molecule has 8 heteroatoms. The molecule has 4 heterocycles. The van der Waals surface area contributed by atoms with E-state index in [1.54, 1.807) is 18.3 Å². The van der Waals surface area contributed by atoms with Crippen molar-refractivity contribution in [3.05, 3.63) is 30.1 Å². The molecule has 2 fully saturated rings. The minimum atomic E-state index is -2.50. The van der Waals surface area contributed by atoms with Crippen molar-refractivity contribution in [1.29, 1.82) is 0 Å². The summed E-state index contributed by atoms with van der Waals surface area (Å²) in [5.74, 6) is -0.232. The van der Waals surface area contributed by atoms with Crippen LogP contribution >= 0.6 is 0 Å². The molecule has 0 aliphatic carbocycles. The Kier molecular flexibility index (Phi) is 4.62. The first kappa shape index (κ1) is 17.4. The van der Waals surface area contributed by atoms with Crippen molar-refractivity contribution in [2.24, 2.45) is 0 Å². The zero-order valence-electron chi connectivity index (χ0n) is 14.6. The van der Waals surface area contributed by atoms with Crippen LogP contribution in [0, 0.1) is 0 Å². The highest BCUT2D eigenvalue weighted by atomic mass is 19.3. The number of likely N-dealkylation sites (N-methyl/N-ethyl adjacent to an activating group) is 1. The lowest BCUT2D eigenvalue weighted by molar-refractivity contribution is -0.0670. The van der Waals surface area contributed by atoms with Crippen molar-refractivity contribution in [1.82, 2.24) is 19.8 Å². The summed E-state index contributed by atoms with van der Waals surface area (Å²) in [7, 11) is 2.10. The van der Waals surface area contributed by atoms with Crippen LogP contribution in [-0.2, 0) is 11.3 Å². The number of nitrogens with zero attached hydrogens (tertiary/aromatic N) is 3. The Hall–Kier alpha value is -2.06. The van der Waals surface area contributed by atoms with Gasteiger partial charge in [-0.2, -0.15) is 0 Å². The molecule has 2 aliphatic heterocycles. The Morgan fingerprint density at radius 1 is 1.38 bits per heavy atom. The third kappa shape index (κ3) is 3.19. The number of fused-ring (bicyclic) bond motifs is 3. The van der Waals surface area contributed by atoms with Gasteiger partial charge in [-0.15, -0.1) is 0 Å². The second kappa shape index (κ2) is 6.92. The summed E-state index contributed by atoms with van der Waals surface area (Å²) in [5.41, 5.74) is 0.806. The number of hydrogen-bond donors (Lipinski definition) is 1. The molecular formula is C18H22F2N4O2. The van der Waals surface area contributed by atoms with Gasteiger partial charge < -0.3 is 14.6 Å². The van der Waals surface area contributed by atoms with E-state index in [4.69, 9.17) is 4.74 Å². The third-order valence-electron chi connectivity index (χ3n) is 5.43. The molecule has 26 heavy (non-hydrogen) atoms. The maximum absolute atomic E-state index is 12.8. The first-order valence-electron chi connectivity index (χ1n) is 8.85. The van der Waals surface area contributed by atoms with E-state index in [1.165, 1.54) is 10.8 Å². The normalized spacial score (nSPS) is 26.4. The molecule has 0 unspecified atom stereocenters. The van der Waals surface area contributed by atoms with Crippen LogP contribution in [0.3, 0.4) is 0 Å². The highest BCUT2D eigenvalue weighted by Crippen LogP contribution is 2.27. The van der Waals surface area contributed by atoms with Crippen molar-refractivity contribution >= 4 is 16.9 Å². The number of pyridine rings is 1. The van der Waals surface area contributed by atoms with Gasteiger partial charge in [-0.1, -0.05) is 0 Å². The monoisotopic (exact) mass is 364 g/mol. The predicted molar refractivity (Wildman–Crippen MR) is 92.4 cm³/mol. The Balaban J connectivity index is 1.55. The Morgan fingerprint density at radius 2 is 2.12 bits per heavy atom. The van der Waals surface area contributed by atoms with Gasteiger partial charge in [-0.3, -0.25) is 9.69 Å². The van der Waals surface area contributed by atoms with Crippen LogP contribution in [0.25, 0.3) is 11.0 Å². The van der Waals surface area contributed by atoms with Crippen LogP contribution in [-0.4, -0.2) is 65.2 Å². The molecular weight excluding hydrogens is 342 g/mol. The second-order valence-corrected chi connectivity index (χ2v) is 7.11. The lowest BCUT2D eigenvalue weighted by Crippen LogP contribution is -2.59. The van der Waals surface area contributed by atoms with Crippen LogP contribution < -0.4 is 5.32 Å². The molecule has 2 aliphatic rings. The predicted octanol–water partition coefficient (Wildman–Crippen LogP) is 1.89. The Bertz CT molecular complexity index is 796. The lowest BCUT2D eigenvalue weighted by atomic mass is 9.90. The van der Waals surface area contributed by atoms with Gasteiger partial charge in [0, 0.05) is 35.9 Å². The molecule has 2 saturated heterocycles. The van der Waals surface area contributed by atoms with Gasteiger partial charge in [0.05, 0.1) is 25.3 Å². The smallest absolute Gasteiger partial charge is 0.256 e. The van der Waals surface area contributed by atoms with E-state index in [0.29, 0.717) is 41.9 Å². The van der Waals surface area contributed by atoms with Crippen molar-refractivity contribution in [2.75, 3.05) is 20.3 Å². The standard InChI is InChI=1S/C18H22F2N4O2/c1-23-12-5-11(6-13(23)10-26-9-12)22-18(25)15-7-24(8-16(19)20)17-14(15)3-2-4-21-17/h2-4,7,11-13,16H,5-6,8-10H2,1H3,(H,22,25)/t11-,12-,13+.